The maximum atomic E-state index is 13.6. The van der Waals surface area contributed by atoms with Crippen LogP contribution < -0.4 is 10.1 Å². The number of benzene rings is 3. The van der Waals surface area contributed by atoms with Crippen LogP contribution >= 0.6 is 34.8 Å². The lowest BCUT2D eigenvalue weighted by Crippen LogP contribution is -2.55. The van der Waals surface area contributed by atoms with E-state index < -0.39 is 17.5 Å². The summed E-state index contributed by atoms with van der Waals surface area (Å²) in [6.45, 7) is 0.824. The van der Waals surface area contributed by atoms with Gasteiger partial charge in [0.2, 0.25) is 0 Å². The lowest BCUT2D eigenvalue weighted by Gasteiger charge is -2.32. The van der Waals surface area contributed by atoms with Crippen molar-refractivity contribution < 1.29 is 14.5 Å². The fraction of sp³-hybridized carbons (Fsp3) is 0.296. The zero-order valence-electron chi connectivity index (χ0n) is 19.5. The Bertz CT molecular complexity index is 1390. The molecule has 1 amide bonds. The van der Waals surface area contributed by atoms with E-state index in [2.05, 4.69) is 5.32 Å². The Morgan fingerprint density at radius 2 is 1.78 bits per heavy atom. The average molecular weight is 559 g/mol. The molecule has 0 radical (unpaired) electrons. The van der Waals surface area contributed by atoms with E-state index in [1.807, 2.05) is 35.2 Å². The van der Waals surface area contributed by atoms with Crippen molar-refractivity contribution in [1.82, 2.24) is 4.90 Å². The van der Waals surface area contributed by atoms with Crippen molar-refractivity contribution in [3.05, 3.63) is 103 Å². The van der Waals surface area contributed by atoms with E-state index in [9.17, 15) is 14.9 Å². The van der Waals surface area contributed by atoms with E-state index >= 15 is 0 Å². The van der Waals surface area contributed by atoms with E-state index in [1.165, 1.54) is 0 Å². The molecular formula is C27H22Cl3N3O4. The summed E-state index contributed by atoms with van der Waals surface area (Å²) in [5, 5.41) is 16.8. The quantitative estimate of drug-likeness (QED) is 0.294. The van der Waals surface area contributed by atoms with Crippen molar-refractivity contribution in [1.29, 1.82) is 0 Å². The van der Waals surface area contributed by atoms with Gasteiger partial charge in [-0.1, -0.05) is 65.1 Å². The number of para-hydroxylation sites is 1. The molecule has 1 spiro atoms. The zero-order chi connectivity index (χ0) is 25.9. The van der Waals surface area contributed by atoms with Gasteiger partial charge < -0.3 is 10.1 Å². The van der Waals surface area contributed by atoms with Gasteiger partial charge >= 0.3 is 0 Å². The Morgan fingerprint density at radius 3 is 2.49 bits per heavy atom. The van der Waals surface area contributed by atoms with Gasteiger partial charge in [-0.15, -0.1) is 0 Å². The van der Waals surface area contributed by atoms with E-state index in [-0.39, 0.29) is 33.5 Å². The number of carbonyl (C=O) groups is 1. The van der Waals surface area contributed by atoms with Crippen molar-refractivity contribution in [2.24, 2.45) is 0 Å². The average Bonchev–Trinajstić information content (AvgIpc) is 3.53. The third kappa shape index (κ3) is 3.71. The molecule has 3 heterocycles. The molecule has 0 bridgehead atoms. The molecule has 3 aromatic carbocycles. The molecule has 7 nitrogen and oxygen atoms in total. The number of anilines is 1. The van der Waals surface area contributed by atoms with Crippen LogP contribution in [0.3, 0.4) is 0 Å². The number of rotatable bonds is 5. The number of carbonyl (C=O) groups excluding carboxylic acids is 1. The minimum Gasteiger partial charge on any atom is -0.486 e. The number of hydrogen-bond donors (Lipinski definition) is 1. The highest BCUT2D eigenvalue weighted by molar-refractivity contribution is 6.37. The molecule has 10 heteroatoms. The molecular weight excluding hydrogens is 537 g/mol. The van der Waals surface area contributed by atoms with Gasteiger partial charge in [-0.25, -0.2) is 0 Å². The molecule has 2 fully saturated rings. The summed E-state index contributed by atoms with van der Waals surface area (Å²) in [6, 6.07) is 16.4. The predicted molar refractivity (Wildman–Crippen MR) is 142 cm³/mol. The standard InChI is InChI=1S/C27H22Cl3N3O4/c28-17-9-7-15(8-10-17)14-37-24-19(29)12-16(13-20(24)30)23-22-6-3-11-32(22)27(25(23)33(35)36)18-4-1-2-5-21(18)31-26(27)34/h1-2,4-5,7-10,12-13,22-23,25H,3,6,11,14H2,(H,31,34)/t22-,23+,25+,27-/m0/s1. The van der Waals surface area contributed by atoms with E-state index in [0.29, 0.717) is 34.1 Å². The molecule has 2 saturated heterocycles. The number of ether oxygens (including phenoxy) is 1. The van der Waals surface area contributed by atoms with Crippen LogP contribution in [0.2, 0.25) is 15.1 Å². The Hall–Kier alpha value is -2.84. The smallest absolute Gasteiger partial charge is 0.256 e. The summed E-state index contributed by atoms with van der Waals surface area (Å²) in [4.78, 5) is 28.1. The van der Waals surface area contributed by atoms with Crippen LogP contribution in [0.4, 0.5) is 5.69 Å². The molecule has 3 aromatic rings. The number of amides is 1. The maximum absolute atomic E-state index is 13.6. The van der Waals surface area contributed by atoms with E-state index in [0.717, 1.165) is 18.4 Å². The van der Waals surface area contributed by atoms with Crippen LogP contribution in [-0.2, 0) is 16.9 Å². The number of halogens is 3. The van der Waals surface area contributed by atoms with Crippen molar-refractivity contribution in [2.75, 3.05) is 11.9 Å². The van der Waals surface area contributed by atoms with Gasteiger partial charge in [0, 0.05) is 33.8 Å². The second-order valence-electron chi connectivity index (χ2n) is 9.65. The molecule has 190 valence electrons. The van der Waals surface area contributed by atoms with Crippen molar-refractivity contribution in [2.45, 2.75) is 43.0 Å². The summed E-state index contributed by atoms with van der Waals surface area (Å²) >= 11 is 19.2. The van der Waals surface area contributed by atoms with Crippen LogP contribution in [0.25, 0.3) is 0 Å². The monoisotopic (exact) mass is 557 g/mol. The molecule has 0 unspecified atom stereocenters. The Labute approximate surface area is 228 Å². The number of nitrogens with zero attached hydrogens (tertiary/aromatic N) is 2. The third-order valence-corrected chi connectivity index (χ3v) is 8.61. The summed E-state index contributed by atoms with van der Waals surface area (Å²) in [5.41, 5.74) is 1.39. The van der Waals surface area contributed by atoms with Gasteiger partial charge in [-0.3, -0.25) is 19.8 Å². The molecule has 3 aliphatic rings. The summed E-state index contributed by atoms with van der Waals surface area (Å²) in [6.07, 6.45) is 1.57. The number of fused-ring (bicyclic) bond motifs is 4. The predicted octanol–water partition coefficient (Wildman–Crippen LogP) is 6.28. The number of nitrogens with one attached hydrogen (secondary N) is 1. The Morgan fingerprint density at radius 1 is 1.08 bits per heavy atom. The van der Waals surface area contributed by atoms with E-state index in [1.54, 1.807) is 30.3 Å². The first-order chi connectivity index (χ1) is 17.8. The zero-order valence-corrected chi connectivity index (χ0v) is 21.8. The first-order valence-corrected chi connectivity index (χ1v) is 13.1. The second kappa shape index (κ2) is 9.17. The number of hydrogen-bond acceptors (Lipinski definition) is 5. The van der Waals surface area contributed by atoms with Gasteiger partial charge in [0.25, 0.3) is 11.9 Å². The first-order valence-electron chi connectivity index (χ1n) is 12.0. The highest BCUT2D eigenvalue weighted by atomic mass is 35.5. The molecule has 4 atom stereocenters. The summed E-state index contributed by atoms with van der Waals surface area (Å²) in [5.74, 6) is -0.640. The van der Waals surface area contributed by atoms with Crippen molar-refractivity contribution in [3.63, 3.8) is 0 Å². The molecule has 0 aliphatic carbocycles. The second-order valence-corrected chi connectivity index (χ2v) is 10.9. The van der Waals surface area contributed by atoms with Gasteiger partial charge in [0.1, 0.15) is 6.61 Å². The van der Waals surface area contributed by atoms with Crippen molar-refractivity contribution >= 4 is 46.4 Å². The normalized spacial score (nSPS) is 26.2. The van der Waals surface area contributed by atoms with Gasteiger partial charge in [0.05, 0.1) is 16.0 Å². The van der Waals surface area contributed by atoms with Crippen molar-refractivity contribution in [3.8, 4) is 5.75 Å². The first kappa shape index (κ1) is 24.5. The van der Waals surface area contributed by atoms with Crippen LogP contribution in [0.5, 0.6) is 5.75 Å². The van der Waals surface area contributed by atoms with Gasteiger partial charge in [-0.2, -0.15) is 0 Å². The van der Waals surface area contributed by atoms with Gasteiger partial charge in [0.15, 0.2) is 11.3 Å². The molecule has 3 aliphatic heterocycles. The van der Waals surface area contributed by atoms with Crippen LogP contribution in [0.15, 0.2) is 60.7 Å². The lowest BCUT2D eigenvalue weighted by molar-refractivity contribution is -0.534. The van der Waals surface area contributed by atoms with Crippen LogP contribution in [0, 0.1) is 10.1 Å². The highest BCUT2D eigenvalue weighted by Crippen LogP contribution is 2.58. The Balaban J connectivity index is 1.40. The van der Waals surface area contributed by atoms with E-state index in [4.69, 9.17) is 39.5 Å². The maximum Gasteiger partial charge on any atom is 0.256 e. The summed E-state index contributed by atoms with van der Waals surface area (Å²) in [7, 11) is 0. The molecule has 1 N–H and O–H groups in total. The van der Waals surface area contributed by atoms with Crippen LogP contribution in [-0.4, -0.2) is 34.4 Å². The number of nitro groups is 1. The summed E-state index contributed by atoms with van der Waals surface area (Å²) < 4.78 is 5.91. The molecule has 0 aromatic heterocycles. The SMILES string of the molecule is O=C1Nc2ccccc2[C@]12[C@H]([N+](=O)[O-])[C@H](c1cc(Cl)c(OCc3ccc(Cl)cc3)c(Cl)c1)[C@@H]1CCCN12. The minimum atomic E-state index is -1.39. The van der Waals surface area contributed by atoms with Gasteiger partial charge in [-0.05, 0) is 54.3 Å². The lowest BCUT2D eigenvalue weighted by atomic mass is 9.77. The molecule has 0 saturated carbocycles. The van der Waals surface area contributed by atoms with Crippen LogP contribution in [0.1, 0.15) is 35.4 Å². The Kier molecular flexibility index (Phi) is 6.07. The molecule has 6 rings (SSSR count). The highest BCUT2D eigenvalue weighted by Gasteiger charge is 2.73. The molecule has 37 heavy (non-hydrogen) atoms. The minimum absolute atomic E-state index is 0.208. The topological polar surface area (TPSA) is 84.7 Å². The fourth-order valence-corrected chi connectivity index (χ4v) is 7.16. The largest absolute Gasteiger partial charge is 0.486 e. The third-order valence-electron chi connectivity index (χ3n) is 7.80. The fourth-order valence-electron chi connectivity index (χ4n) is 6.42.